The van der Waals surface area contributed by atoms with E-state index in [4.69, 9.17) is 0 Å². The van der Waals surface area contributed by atoms with Crippen LogP contribution in [0.3, 0.4) is 0 Å². The molecule has 0 aliphatic carbocycles. The van der Waals surface area contributed by atoms with Crippen molar-refractivity contribution in [2.24, 2.45) is 35.2 Å². The predicted molar refractivity (Wildman–Crippen MR) is 608 cm³/mol. The lowest BCUT2D eigenvalue weighted by molar-refractivity contribution is -0.661. The van der Waals surface area contributed by atoms with Crippen molar-refractivity contribution in [2.45, 2.75) is 244 Å². The van der Waals surface area contributed by atoms with Crippen LogP contribution in [-0.4, -0.2) is 22.8 Å². The lowest BCUT2D eigenvalue weighted by atomic mass is 9.88. The molecule has 0 radical (unpaired) electrons. The van der Waals surface area contributed by atoms with Gasteiger partial charge in [-0.15, -0.1) is 0 Å². The average molecular weight is 1950 g/mol. The van der Waals surface area contributed by atoms with E-state index in [0.717, 1.165) is 78.7 Å². The van der Waals surface area contributed by atoms with Crippen molar-refractivity contribution in [3.8, 4) is 119 Å². The Kier molecular flexibility index (Phi) is 33.0. The molecule has 0 unspecified atom stereocenters. The molecule has 8 aromatic carbocycles. The van der Waals surface area contributed by atoms with Crippen LogP contribution in [0, 0.1) is 157 Å². The third kappa shape index (κ3) is 22.0. The van der Waals surface area contributed by atoms with Crippen molar-refractivity contribution in [1.29, 1.82) is 0 Å². The van der Waals surface area contributed by atoms with E-state index in [2.05, 4.69) is 472 Å². The second-order valence-electron chi connectivity index (χ2n) is 43.0. The molecule has 0 spiro atoms. The van der Waals surface area contributed by atoms with Crippen LogP contribution in [0.5, 0.6) is 0 Å². The van der Waals surface area contributed by atoms with E-state index < -0.39 is 0 Å². The molecule has 18 aromatic rings. The van der Waals surface area contributed by atoms with Crippen molar-refractivity contribution < 1.29 is 31.6 Å². The van der Waals surface area contributed by atoms with Gasteiger partial charge in [-0.1, -0.05) is 233 Å². The highest BCUT2D eigenvalue weighted by Gasteiger charge is 2.34. The monoisotopic (exact) mass is 1940 g/mol. The molecule has 0 atom stereocenters. The topological polar surface area (TPSA) is 44.0 Å². The molecule has 0 aliphatic heterocycles. The van der Waals surface area contributed by atoms with Gasteiger partial charge in [0.05, 0.1) is 22.7 Å². The van der Waals surface area contributed by atoms with Gasteiger partial charge >= 0.3 is 0 Å². The standard InChI is InChI=1S/C31H28FN2.C31H36FN2.C26H35N2.2C23H29N2/c1-21-18-28(33(4)20-23(21)3)30-22(2)19-29(32)34(30)31-26(24-12-7-5-8-13-24)16-11-17-27(31)25-14-9-6-10-15-25;1-19(2)26-16-25(24-12-10-9-11-13-24)17-27(20(3)4)31(26)34-29(32)15-22(6)30(34)28-14-21(5)23(7)18-33(28)8;1-16(2)22-11-10-12-23(17(3)4)26(22)28-15-20(7)21(8)25(28)24-13-18(5)19(6)14-27(24)9;1-14-9-16(3)22(17(4)10-14)25-13-19(6)20(7)23(25)21-11-15(2)18(5)12-24(21)8;1-15(2)20-10-8-9-11-21(20)25-14-18(5)19(6)23(25)22-12-16(3)17(4)13-24(22)7/h5-20H,1-4H3;9-20H,1-8H3;10-17H,1-9H3;9-13H,1-8H3;8-15H,1-7H3/q5*+1. The molecule has 146 heavy (non-hydrogen) atoms. The number of aromatic nitrogens is 10. The molecule has 0 amide bonds. The minimum Gasteiger partial charge on any atom is -0.311 e. The number of nitrogens with zero attached hydrogens (tertiary/aromatic N) is 10. The summed E-state index contributed by atoms with van der Waals surface area (Å²) in [5.41, 5.74) is 56.8. The van der Waals surface area contributed by atoms with Gasteiger partial charge in [-0.05, 0) is 339 Å². The molecule has 752 valence electrons. The maximum atomic E-state index is 15.9. The molecule has 10 nitrogen and oxygen atoms in total. The molecule has 0 aliphatic rings. The van der Waals surface area contributed by atoms with Gasteiger partial charge in [0, 0.05) is 93.6 Å². The first-order chi connectivity index (χ1) is 69.2. The van der Waals surface area contributed by atoms with Gasteiger partial charge in [0.2, 0.25) is 28.5 Å². The fourth-order valence-corrected chi connectivity index (χ4v) is 21.1. The number of aryl methyl sites for hydroxylation is 23. The Morgan fingerprint density at radius 3 is 0.836 bits per heavy atom. The van der Waals surface area contributed by atoms with Gasteiger partial charge in [-0.25, -0.2) is 0 Å². The van der Waals surface area contributed by atoms with Gasteiger partial charge in [0.15, 0.2) is 42.9 Å². The zero-order valence-electron chi connectivity index (χ0n) is 94.0. The van der Waals surface area contributed by atoms with E-state index in [-0.39, 0.29) is 23.7 Å². The number of hydrogen-bond acceptors (Lipinski definition) is 0. The second-order valence-corrected chi connectivity index (χ2v) is 43.0. The summed E-state index contributed by atoms with van der Waals surface area (Å²) < 4.78 is 53.6. The Morgan fingerprint density at radius 2 is 0.493 bits per heavy atom. The Bertz CT molecular complexity index is 7750. The van der Waals surface area contributed by atoms with Gasteiger partial charge in [-0.2, -0.15) is 31.6 Å². The summed E-state index contributed by atoms with van der Waals surface area (Å²) in [5.74, 6) is 1.41. The largest absolute Gasteiger partial charge is 0.311 e. The van der Waals surface area contributed by atoms with Crippen molar-refractivity contribution in [3.05, 3.63) is 425 Å². The number of pyridine rings is 5. The third-order valence-corrected chi connectivity index (χ3v) is 30.2. The lowest BCUT2D eigenvalue weighted by Crippen LogP contribution is -2.32. The van der Waals surface area contributed by atoms with Gasteiger partial charge in [0.25, 0.3) is 0 Å². The Hall–Kier alpha value is -14.2. The Labute approximate surface area is 871 Å². The summed E-state index contributed by atoms with van der Waals surface area (Å²) in [6, 6.07) is 76.3. The average Bonchev–Trinajstić information content (AvgIpc) is 1.55. The molecule has 10 heterocycles. The van der Waals surface area contributed by atoms with Crippen LogP contribution in [-0.2, 0) is 35.2 Å². The molecule has 12 heteroatoms. The van der Waals surface area contributed by atoms with E-state index in [0.29, 0.717) is 17.8 Å². The molecule has 0 saturated carbocycles. The molecule has 0 N–H and O–H groups in total. The number of hydrogen-bond donors (Lipinski definition) is 0. The van der Waals surface area contributed by atoms with Crippen LogP contribution >= 0.6 is 0 Å². The third-order valence-electron chi connectivity index (χ3n) is 30.2. The van der Waals surface area contributed by atoms with Crippen LogP contribution in [0.4, 0.5) is 8.78 Å². The van der Waals surface area contributed by atoms with Crippen LogP contribution in [0.15, 0.2) is 268 Å². The van der Waals surface area contributed by atoms with Crippen molar-refractivity contribution in [2.75, 3.05) is 0 Å². The zero-order valence-corrected chi connectivity index (χ0v) is 94.0. The highest BCUT2D eigenvalue weighted by molar-refractivity contribution is 5.87. The number of benzene rings is 8. The van der Waals surface area contributed by atoms with Crippen molar-refractivity contribution >= 4 is 0 Å². The van der Waals surface area contributed by atoms with Crippen LogP contribution in [0.2, 0.25) is 0 Å². The summed E-state index contributed by atoms with van der Waals surface area (Å²) in [7, 11) is 10.5. The van der Waals surface area contributed by atoms with E-state index in [1.165, 1.54) is 185 Å². The smallest absolute Gasteiger partial charge is 0.229 e. The molecular formula is C134H157F2N10+5. The minimum atomic E-state index is -0.272. The molecule has 0 bridgehead atoms. The summed E-state index contributed by atoms with van der Waals surface area (Å²) >= 11 is 0. The first kappa shape index (κ1) is 108. The van der Waals surface area contributed by atoms with Crippen molar-refractivity contribution in [1.82, 2.24) is 22.8 Å². The molecule has 0 saturated heterocycles. The molecule has 18 rings (SSSR count). The number of halogens is 2. The van der Waals surface area contributed by atoms with E-state index in [9.17, 15) is 0 Å². The van der Waals surface area contributed by atoms with Gasteiger partial charge in [0.1, 0.15) is 63.7 Å². The minimum absolute atomic E-state index is 0.220. The zero-order chi connectivity index (χ0) is 106. The second kappa shape index (κ2) is 44.8. The SMILES string of the molecule is Cc1cc(-c2c(C)c(C)cn2-c2c(C(C)C)cccc2C(C)C)[n+](C)cc1C.Cc1cc(-c2c(C)c(C)cn2-c2ccccc2C(C)C)[n+](C)cc1C.Cc1cc(-c2c(C)cc(F)n2-c2c(-c3ccccc3)cccc2-c2ccccc2)[n+](C)cc1C.Cc1cc(-c2c(C)cc(F)n2-c2c(C(C)C)cc(-c3ccccc3)cc2C(C)C)[n+](C)cc1C.Cc1cc(C)c(-n2cc(C)c(C)c2-c2cc(C)c(C)c[n+]2C)c(C)c1. The summed E-state index contributed by atoms with van der Waals surface area (Å²) in [4.78, 5) is 0. The maximum absolute atomic E-state index is 15.9. The first-order valence-corrected chi connectivity index (χ1v) is 52.2. The Morgan fingerprint density at radius 1 is 0.212 bits per heavy atom. The summed E-state index contributed by atoms with van der Waals surface area (Å²) in [6.45, 7) is 68.0. The Balaban J connectivity index is 0.000000145. The lowest BCUT2D eigenvalue weighted by Gasteiger charge is -2.24. The van der Waals surface area contributed by atoms with Crippen LogP contribution in [0.1, 0.15) is 243 Å². The number of para-hydroxylation sites is 3. The van der Waals surface area contributed by atoms with E-state index >= 15 is 8.78 Å². The quantitative estimate of drug-likeness (QED) is 0.0769. The van der Waals surface area contributed by atoms with Gasteiger partial charge < -0.3 is 13.7 Å². The normalized spacial score (nSPS) is 11.4. The fraction of sp³-hybridized carbons (Fsp3) is 0.306. The summed E-state index contributed by atoms with van der Waals surface area (Å²) in [6.07, 6.45) is 17.8. The van der Waals surface area contributed by atoms with Crippen LogP contribution in [0.25, 0.3) is 119 Å². The predicted octanol–water partition coefficient (Wildman–Crippen LogP) is 32.2. The highest BCUT2D eigenvalue weighted by Crippen LogP contribution is 2.46. The van der Waals surface area contributed by atoms with E-state index in [1.807, 2.05) is 75.0 Å². The summed E-state index contributed by atoms with van der Waals surface area (Å²) in [5, 5.41) is 0. The molecular weight excluding hydrogens is 1790 g/mol. The fourth-order valence-electron chi connectivity index (χ4n) is 21.1. The molecule has 10 aromatic heterocycles. The van der Waals surface area contributed by atoms with Gasteiger partial charge in [-0.3, -0.25) is 9.13 Å². The number of rotatable bonds is 18. The maximum Gasteiger partial charge on any atom is 0.229 e. The van der Waals surface area contributed by atoms with E-state index in [1.54, 1.807) is 16.7 Å². The highest BCUT2D eigenvalue weighted by atomic mass is 19.1. The molecule has 0 fully saturated rings. The van der Waals surface area contributed by atoms with Crippen molar-refractivity contribution in [3.63, 3.8) is 0 Å². The first-order valence-electron chi connectivity index (χ1n) is 52.2. The van der Waals surface area contributed by atoms with Crippen LogP contribution < -0.4 is 22.8 Å².